The fourth-order valence-corrected chi connectivity index (χ4v) is 4.68. The molecule has 0 aliphatic rings. The fraction of sp³-hybridized carbons (Fsp3) is 0.273. The first-order chi connectivity index (χ1) is 14.7. The van der Waals surface area contributed by atoms with E-state index < -0.39 is 16.0 Å². The maximum absolute atomic E-state index is 13.2. The van der Waals surface area contributed by atoms with Gasteiger partial charge in [-0.1, -0.05) is 22.9 Å². The molecule has 0 aliphatic heterocycles. The van der Waals surface area contributed by atoms with Crippen LogP contribution in [0.4, 0.5) is 5.69 Å². The Balaban J connectivity index is 2.02. The Morgan fingerprint density at radius 2 is 1.77 bits per heavy atom. The van der Waals surface area contributed by atoms with Crippen LogP contribution in [0.3, 0.4) is 0 Å². The highest BCUT2D eigenvalue weighted by Gasteiger charge is 2.24. The SMILES string of the molecule is CCOC(=O)c1cc(-c2ccc(OC)c(S(=O)(=O)Nc3c(C)cc(C)cc3C)c2)on1. The summed E-state index contributed by atoms with van der Waals surface area (Å²) in [6.07, 6.45) is 0. The maximum atomic E-state index is 13.2. The van der Waals surface area contributed by atoms with Crippen molar-refractivity contribution in [1.29, 1.82) is 0 Å². The highest BCUT2D eigenvalue weighted by Crippen LogP contribution is 2.33. The number of carbonyl (C=O) groups excluding carboxylic acids is 1. The molecule has 0 aliphatic carbocycles. The molecule has 0 fully saturated rings. The van der Waals surface area contributed by atoms with E-state index in [1.807, 2.05) is 32.9 Å². The van der Waals surface area contributed by atoms with Gasteiger partial charge in [0.25, 0.3) is 10.0 Å². The molecule has 0 spiro atoms. The van der Waals surface area contributed by atoms with Crippen molar-refractivity contribution >= 4 is 21.7 Å². The van der Waals surface area contributed by atoms with Gasteiger partial charge >= 0.3 is 5.97 Å². The summed E-state index contributed by atoms with van der Waals surface area (Å²) in [5, 5.41) is 3.70. The zero-order valence-electron chi connectivity index (χ0n) is 18.0. The predicted octanol–water partition coefficient (Wildman–Crippen LogP) is 4.25. The van der Waals surface area contributed by atoms with E-state index in [0.717, 1.165) is 16.7 Å². The van der Waals surface area contributed by atoms with Crippen LogP contribution in [-0.2, 0) is 14.8 Å². The predicted molar refractivity (Wildman–Crippen MR) is 116 cm³/mol. The van der Waals surface area contributed by atoms with E-state index in [1.54, 1.807) is 13.0 Å². The summed E-state index contributed by atoms with van der Waals surface area (Å²) in [6, 6.07) is 9.77. The van der Waals surface area contributed by atoms with Gasteiger partial charge in [0.2, 0.25) is 0 Å². The Morgan fingerprint density at radius 1 is 1.10 bits per heavy atom. The number of hydrogen-bond acceptors (Lipinski definition) is 7. The van der Waals surface area contributed by atoms with E-state index in [2.05, 4.69) is 9.88 Å². The first-order valence-electron chi connectivity index (χ1n) is 9.59. The highest BCUT2D eigenvalue weighted by atomic mass is 32.2. The molecule has 3 aromatic rings. The lowest BCUT2D eigenvalue weighted by molar-refractivity contribution is 0.0514. The molecule has 0 radical (unpaired) electrons. The van der Waals surface area contributed by atoms with Gasteiger partial charge in [0.15, 0.2) is 11.5 Å². The molecule has 1 aromatic heterocycles. The van der Waals surface area contributed by atoms with Gasteiger partial charge in [-0.25, -0.2) is 13.2 Å². The molecule has 0 unspecified atom stereocenters. The summed E-state index contributed by atoms with van der Waals surface area (Å²) < 4.78 is 44.5. The smallest absolute Gasteiger partial charge is 0.360 e. The molecule has 0 bridgehead atoms. The topological polar surface area (TPSA) is 108 Å². The molecule has 0 amide bonds. The van der Waals surface area contributed by atoms with E-state index in [0.29, 0.717) is 11.3 Å². The Morgan fingerprint density at radius 3 is 2.39 bits per heavy atom. The van der Waals surface area contributed by atoms with Crippen molar-refractivity contribution in [2.24, 2.45) is 0 Å². The van der Waals surface area contributed by atoms with Crippen molar-refractivity contribution in [2.75, 3.05) is 18.4 Å². The van der Waals surface area contributed by atoms with Crippen LogP contribution >= 0.6 is 0 Å². The third-order valence-electron chi connectivity index (χ3n) is 4.65. The number of aromatic nitrogens is 1. The number of carbonyl (C=O) groups is 1. The average Bonchev–Trinajstić information content (AvgIpc) is 3.21. The van der Waals surface area contributed by atoms with E-state index in [1.165, 1.54) is 25.3 Å². The summed E-state index contributed by atoms with van der Waals surface area (Å²) in [4.78, 5) is 11.8. The first-order valence-corrected chi connectivity index (χ1v) is 11.1. The molecular weight excluding hydrogens is 420 g/mol. The van der Waals surface area contributed by atoms with Gasteiger partial charge in [-0.05, 0) is 57.0 Å². The number of esters is 1. The van der Waals surface area contributed by atoms with E-state index in [9.17, 15) is 13.2 Å². The van der Waals surface area contributed by atoms with Gasteiger partial charge in [0.1, 0.15) is 10.6 Å². The number of anilines is 1. The summed E-state index contributed by atoms with van der Waals surface area (Å²) in [7, 11) is -2.60. The summed E-state index contributed by atoms with van der Waals surface area (Å²) in [5.74, 6) is -0.223. The molecule has 2 aromatic carbocycles. The molecule has 1 heterocycles. The van der Waals surface area contributed by atoms with Crippen LogP contribution in [0.15, 0.2) is 45.8 Å². The minimum atomic E-state index is -3.99. The van der Waals surface area contributed by atoms with Crippen LogP contribution < -0.4 is 9.46 Å². The molecule has 3 rings (SSSR count). The van der Waals surface area contributed by atoms with Crippen molar-refractivity contribution in [2.45, 2.75) is 32.6 Å². The minimum absolute atomic E-state index is 0.00102. The van der Waals surface area contributed by atoms with Gasteiger partial charge < -0.3 is 14.0 Å². The van der Waals surface area contributed by atoms with Gasteiger partial charge in [-0.2, -0.15) is 0 Å². The largest absolute Gasteiger partial charge is 0.495 e. The number of methoxy groups -OCH3 is 1. The Hall–Kier alpha value is -3.33. The Kier molecular flexibility index (Phi) is 6.35. The van der Waals surface area contributed by atoms with Crippen molar-refractivity contribution in [3.8, 4) is 17.1 Å². The fourth-order valence-electron chi connectivity index (χ4n) is 3.28. The van der Waals surface area contributed by atoms with E-state index in [4.69, 9.17) is 14.0 Å². The maximum Gasteiger partial charge on any atom is 0.360 e. The Bertz CT molecular complexity index is 1210. The number of hydrogen-bond donors (Lipinski definition) is 1. The standard InChI is InChI=1S/C22H24N2O6S/c1-6-29-22(25)17-12-19(30-23-17)16-7-8-18(28-5)20(11-16)31(26,27)24-21-14(3)9-13(2)10-15(21)4/h7-12,24H,6H2,1-5H3. The Labute approximate surface area is 181 Å². The molecule has 31 heavy (non-hydrogen) atoms. The summed E-state index contributed by atoms with van der Waals surface area (Å²) in [6.45, 7) is 7.53. The van der Waals surface area contributed by atoms with Crippen molar-refractivity contribution in [3.05, 3.63) is 58.8 Å². The number of sulfonamides is 1. The second-order valence-corrected chi connectivity index (χ2v) is 8.69. The quantitative estimate of drug-likeness (QED) is 0.543. The second-order valence-electron chi connectivity index (χ2n) is 7.04. The average molecular weight is 445 g/mol. The van der Waals surface area contributed by atoms with Crippen LogP contribution in [0.25, 0.3) is 11.3 Å². The molecule has 0 saturated heterocycles. The third-order valence-corrected chi connectivity index (χ3v) is 6.02. The van der Waals surface area contributed by atoms with Gasteiger partial charge in [-0.15, -0.1) is 0 Å². The zero-order valence-corrected chi connectivity index (χ0v) is 18.8. The molecule has 8 nitrogen and oxygen atoms in total. The minimum Gasteiger partial charge on any atom is -0.495 e. The first kappa shape index (κ1) is 22.4. The third kappa shape index (κ3) is 4.72. The lowest BCUT2D eigenvalue weighted by Crippen LogP contribution is -2.16. The lowest BCUT2D eigenvalue weighted by Gasteiger charge is -2.16. The number of aryl methyl sites for hydroxylation is 3. The zero-order chi connectivity index (χ0) is 22.8. The van der Waals surface area contributed by atoms with Crippen LogP contribution in [-0.4, -0.2) is 33.3 Å². The number of ether oxygens (including phenoxy) is 2. The normalized spacial score (nSPS) is 11.3. The van der Waals surface area contributed by atoms with Crippen molar-refractivity contribution in [1.82, 2.24) is 5.16 Å². The monoisotopic (exact) mass is 444 g/mol. The molecule has 9 heteroatoms. The van der Waals surface area contributed by atoms with Crippen LogP contribution in [0.5, 0.6) is 5.75 Å². The van der Waals surface area contributed by atoms with Gasteiger partial charge in [-0.3, -0.25) is 4.72 Å². The van der Waals surface area contributed by atoms with Crippen molar-refractivity contribution < 1.29 is 27.2 Å². The van der Waals surface area contributed by atoms with Crippen LogP contribution in [0.2, 0.25) is 0 Å². The van der Waals surface area contributed by atoms with E-state index >= 15 is 0 Å². The summed E-state index contributed by atoms with van der Waals surface area (Å²) in [5.41, 5.74) is 3.60. The number of benzene rings is 2. The lowest BCUT2D eigenvalue weighted by atomic mass is 10.1. The van der Waals surface area contributed by atoms with Crippen LogP contribution in [0.1, 0.15) is 34.1 Å². The van der Waals surface area contributed by atoms with Crippen molar-refractivity contribution in [3.63, 3.8) is 0 Å². The van der Waals surface area contributed by atoms with Gasteiger partial charge in [0.05, 0.1) is 19.4 Å². The molecule has 0 atom stereocenters. The highest BCUT2D eigenvalue weighted by molar-refractivity contribution is 7.92. The number of nitrogens with zero attached hydrogens (tertiary/aromatic N) is 1. The second kappa shape index (κ2) is 8.81. The number of rotatable bonds is 7. The molecule has 164 valence electrons. The summed E-state index contributed by atoms with van der Waals surface area (Å²) >= 11 is 0. The molecule has 0 saturated carbocycles. The van der Waals surface area contributed by atoms with Gasteiger partial charge in [0, 0.05) is 11.6 Å². The number of nitrogens with one attached hydrogen (secondary N) is 1. The molecular formula is C22H24N2O6S. The van der Waals surface area contributed by atoms with Crippen LogP contribution in [0, 0.1) is 20.8 Å². The molecule has 1 N–H and O–H groups in total. The van der Waals surface area contributed by atoms with E-state index in [-0.39, 0.29) is 28.7 Å².